The summed E-state index contributed by atoms with van der Waals surface area (Å²) in [5, 5.41) is 3.45. The lowest BCUT2D eigenvalue weighted by molar-refractivity contribution is 0.484. The molecule has 19 heavy (non-hydrogen) atoms. The van der Waals surface area contributed by atoms with Crippen LogP contribution in [-0.4, -0.2) is 4.98 Å². The van der Waals surface area contributed by atoms with Crippen LogP contribution < -0.4 is 5.32 Å². The Kier molecular flexibility index (Phi) is 4.66. The molecule has 2 unspecified atom stereocenters. The molecule has 2 rings (SSSR count). The second kappa shape index (κ2) is 6.26. The van der Waals surface area contributed by atoms with Gasteiger partial charge < -0.3 is 5.32 Å². The van der Waals surface area contributed by atoms with Crippen LogP contribution in [0.2, 0.25) is 0 Å². The van der Waals surface area contributed by atoms with Crippen LogP contribution in [-0.2, 0) is 0 Å². The molecular weight excluding hydrogens is 307 g/mol. The number of nitrogens with zero attached hydrogens (tertiary/aromatic N) is 1. The van der Waals surface area contributed by atoms with Crippen LogP contribution in [0.1, 0.15) is 37.2 Å². The maximum absolute atomic E-state index is 12.8. The van der Waals surface area contributed by atoms with Gasteiger partial charge in [-0.3, -0.25) is 4.98 Å². The second-order valence-electron chi connectivity index (χ2n) is 4.56. The highest BCUT2D eigenvalue weighted by Gasteiger charge is 2.12. The number of nitrogens with one attached hydrogen (secondary N) is 1. The third-order valence-corrected chi connectivity index (χ3v) is 3.59. The molecule has 2 atom stereocenters. The van der Waals surface area contributed by atoms with E-state index in [0.29, 0.717) is 0 Å². The molecule has 1 aromatic carbocycles. The molecule has 0 saturated carbocycles. The van der Waals surface area contributed by atoms with E-state index in [1.54, 1.807) is 6.07 Å². The lowest BCUT2D eigenvalue weighted by Gasteiger charge is -2.20. The van der Waals surface area contributed by atoms with Gasteiger partial charge in [-0.1, -0.05) is 28.1 Å². The van der Waals surface area contributed by atoms with Crippen LogP contribution in [0.15, 0.2) is 47.1 Å². The first-order valence-corrected chi connectivity index (χ1v) is 6.98. The van der Waals surface area contributed by atoms with Gasteiger partial charge >= 0.3 is 0 Å². The van der Waals surface area contributed by atoms with E-state index in [9.17, 15) is 4.39 Å². The first-order chi connectivity index (χ1) is 9.06. The highest BCUT2D eigenvalue weighted by molar-refractivity contribution is 9.10. The van der Waals surface area contributed by atoms with E-state index in [2.05, 4.69) is 45.3 Å². The maximum Gasteiger partial charge on any atom is 0.141 e. The van der Waals surface area contributed by atoms with Gasteiger partial charge in [-0.05, 0) is 43.7 Å². The van der Waals surface area contributed by atoms with Crippen LogP contribution in [0.5, 0.6) is 0 Å². The molecule has 0 aliphatic rings. The Hall–Kier alpha value is -1.26. The van der Waals surface area contributed by atoms with Gasteiger partial charge in [-0.25, -0.2) is 4.39 Å². The third-order valence-electron chi connectivity index (χ3n) is 3.06. The Morgan fingerprint density at radius 3 is 2.32 bits per heavy atom. The Morgan fingerprint density at radius 2 is 1.74 bits per heavy atom. The maximum atomic E-state index is 12.8. The molecule has 1 aromatic heterocycles. The highest BCUT2D eigenvalue weighted by Crippen LogP contribution is 2.20. The number of hydrogen-bond acceptors (Lipinski definition) is 2. The summed E-state index contributed by atoms with van der Waals surface area (Å²) in [5.41, 5.74) is 2.04. The lowest BCUT2D eigenvalue weighted by Crippen LogP contribution is -2.23. The molecule has 0 aliphatic heterocycles. The van der Waals surface area contributed by atoms with E-state index >= 15 is 0 Å². The smallest absolute Gasteiger partial charge is 0.141 e. The van der Waals surface area contributed by atoms with Crippen molar-refractivity contribution in [2.24, 2.45) is 0 Å². The van der Waals surface area contributed by atoms with Crippen molar-refractivity contribution in [2.45, 2.75) is 25.9 Å². The zero-order chi connectivity index (χ0) is 13.8. The standard InChI is InChI=1S/C15H16BrFN2/c1-10(12-3-5-13(16)6-4-12)19-11(2)15-8-7-14(17)9-18-15/h3-11,19H,1-2H3. The van der Waals surface area contributed by atoms with E-state index in [1.807, 2.05) is 19.1 Å². The fourth-order valence-electron chi connectivity index (χ4n) is 1.95. The van der Waals surface area contributed by atoms with Gasteiger partial charge in [0.05, 0.1) is 11.9 Å². The van der Waals surface area contributed by atoms with Gasteiger partial charge in [0.2, 0.25) is 0 Å². The summed E-state index contributed by atoms with van der Waals surface area (Å²) < 4.78 is 13.9. The number of benzene rings is 1. The summed E-state index contributed by atoms with van der Waals surface area (Å²) in [4.78, 5) is 4.09. The molecule has 0 fully saturated rings. The van der Waals surface area contributed by atoms with Crippen molar-refractivity contribution in [3.63, 3.8) is 0 Å². The number of halogens is 2. The van der Waals surface area contributed by atoms with Crippen molar-refractivity contribution < 1.29 is 4.39 Å². The molecule has 0 aliphatic carbocycles. The molecule has 1 N–H and O–H groups in total. The zero-order valence-electron chi connectivity index (χ0n) is 10.9. The van der Waals surface area contributed by atoms with Gasteiger partial charge in [-0.2, -0.15) is 0 Å². The van der Waals surface area contributed by atoms with E-state index in [0.717, 1.165) is 10.2 Å². The number of aromatic nitrogens is 1. The molecule has 1 heterocycles. The van der Waals surface area contributed by atoms with Gasteiger partial charge in [-0.15, -0.1) is 0 Å². The molecule has 2 aromatic rings. The van der Waals surface area contributed by atoms with Gasteiger partial charge in [0.25, 0.3) is 0 Å². The molecule has 0 amide bonds. The van der Waals surface area contributed by atoms with Crippen LogP contribution in [0.4, 0.5) is 4.39 Å². The first kappa shape index (κ1) is 14.2. The van der Waals surface area contributed by atoms with Crippen LogP contribution in [0.25, 0.3) is 0 Å². The number of pyridine rings is 1. The monoisotopic (exact) mass is 322 g/mol. The molecular formula is C15H16BrFN2. The molecule has 100 valence electrons. The Bertz CT molecular complexity index is 475. The van der Waals surface area contributed by atoms with Gasteiger partial charge in [0.1, 0.15) is 5.82 Å². The predicted molar refractivity (Wildman–Crippen MR) is 78.3 cm³/mol. The summed E-state index contributed by atoms with van der Waals surface area (Å²) in [6.07, 6.45) is 1.25. The molecule has 4 heteroatoms. The van der Waals surface area contributed by atoms with E-state index in [1.165, 1.54) is 17.8 Å². The lowest BCUT2D eigenvalue weighted by atomic mass is 10.1. The quantitative estimate of drug-likeness (QED) is 0.902. The van der Waals surface area contributed by atoms with E-state index < -0.39 is 0 Å². The summed E-state index contributed by atoms with van der Waals surface area (Å²) >= 11 is 3.42. The van der Waals surface area contributed by atoms with Crippen molar-refractivity contribution in [3.05, 3.63) is 64.1 Å². The molecule has 2 nitrogen and oxygen atoms in total. The zero-order valence-corrected chi connectivity index (χ0v) is 12.5. The summed E-state index contributed by atoms with van der Waals surface area (Å²) in [5.74, 6) is -0.308. The predicted octanol–water partition coefficient (Wildman–Crippen LogP) is 4.40. The molecule has 0 bridgehead atoms. The minimum absolute atomic E-state index is 0.0687. The average Bonchev–Trinajstić information content (AvgIpc) is 2.40. The summed E-state index contributed by atoms with van der Waals surface area (Å²) in [6.45, 7) is 4.12. The fourth-order valence-corrected chi connectivity index (χ4v) is 2.22. The number of rotatable bonds is 4. The fraction of sp³-hybridized carbons (Fsp3) is 0.267. The van der Waals surface area contributed by atoms with Crippen molar-refractivity contribution in [3.8, 4) is 0 Å². The Balaban J connectivity index is 2.03. The van der Waals surface area contributed by atoms with Gasteiger partial charge in [0.15, 0.2) is 0 Å². The van der Waals surface area contributed by atoms with Crippen molar-refractivity contribution >= 4 is 15.9 Å². The molecule has 0 saturated heterocycles. The van der Waals surface area contributed by atoms with Crippen LogP contribution >= 0.6 is 15.9 Å². The highest BCUT2D eigenvalue weighted by atomic mass is 79.9. The van der Waals surface area contributed by atoms with Crippen LogP contribution in [0, 0.1) is 5.82 Å². The van der Waals surface area contributed by atoms with E-state index in [4.69, 9.17) is 0 Å². The Morgan fingerprint density at radius 1 is 1.05 bits per heavy atom. The molecule has 0 spiro atoms. The summed E-state index contributed by atoms with van der Waals surface area (Å²) in [6, 6.07) is 11.6. The Labute approximate surface area is 121 Å². The normalized spacial score (nSPS) is 14.1. The van der Waals surface area contributed by atoms with Crippen LogP contribution in [0.3, 0.4) is 0 Å². The number of hydrogen-bond donors (Lipinski definition) is 1. The largest absolute Gasteiger partial charge is 0.302 e. The minimum Gasteiger partial charge on any atom is -0.302 e. The van der Waals surface area contributed by atoms with E-state index in [-0.39, 0.29) is 17.9 Å². The van der Waals surface area contributed by atoms with Gasteiger partial charge in [0, 0.05) is 16.6 Å². The molecule has 0 radical (unpaired) electrons. The SMILES string of the molecule is CC(NC(C)c1ccc(F)cn1)c1ccc(Br)cc1. The topological polar surface area (TPSA) is 24.9 Å². The van der Waals surface area contributed by atoms with Crippen molar-refractivity contribution in [1.82, 2.24) is 10.3 Å². The first-order valence-electron chi connectivity index (χ1n) is 6.19. The summed E-state index contributed by atoms with van der Waals surface area (Å²) in [7, 11) is 0. The third kappa shape index (κ3) is 3.85. The van der Waals surface area contributed by atoms with Crippen molar-refractivity contribution in [1.29, 1.82) is 0 Å². The van der Waals surface area contributed by atoms with Crippen molar-refractivity contribution in [2.75, 3.05) is 0 Å². The average molecular weight is 323 g/mol. The minimum atomic E-state index is -0.308. The second-order valence-corrected chi connectivity index (χ2v) is 5.48.